The molecule has 2 aliphatic carbocycles. The molecular formula is C56H38. The van der Waals surface area contributed by atoms with Gasteiger partial charge in [0, 0.05) is 0 Å². The molecule has 0 amide bonds. The molecule has 0 bridgehead atoms. The Balaban J connectivity index is 1.21. The Bertz CT molecular complexity index is 3210. The molecule has 0 saturated heterocycles. The van der Waals surface area contributed by atoms with E-state index in [1.807, 2.05) is 0 Å². The van der Waals surface area contributed by atoms with Gasteiger partial charge in [-0.15, -0.1) is 0 Å². The van der Waals surface area contributed by atoms with Gasteiger partial charge in [0.15, 0.2) is 0 Å². The zero-order valence-electron chi connectivity index (χ0n) is 31.7. The van der Waals surface area contributed by atoms with Crippen LogP contribution in [0, 0.1) is 0 Å². The van der Waals surface area contributed by atoms with Crippen LogP contribution in [0.4, 0.5) is 0 Å². The van der Waals surface area contributed by atoms with E-state index in [-0.39, 0.29) is 5.41 Å². The van der Waals surface area contributed by atoms with Crippen LogP contribution >= 0.6 is 0 Å². The molecule has 10 aromatic rings. The Kier molecular flexibility index (Phi) is 6.42. The normalized spacial score (nSPS) is 12.6. The number of rotatable bonds is 3. The summed E-state index contributed by atoms with van der Waals surface area (Å²) < 4.78 is 0. The minimum Gasteiger partial charge on any atom is -0.0622 e. The molecule has 2 aliphatic rings. The molecule has 0 fully saturated rings. The minimum absolute atomic E-state index is 0.0692. The Morgan fingerprint density at radius 1 is 0.268 bits per heavy atom. The van der Waals surface area contributed by atoms with Crippen molar-refractivity contribution in [2.24, 2.45) is 0 Å². The van der Waals surface area contributed by atoms with Gasteiger partial charge in [0.05, 0.1) is 0 Å². The van der Waals surface area contributed by atoms with E-state index in [1.54, 1.807) is 0 Å². The molecule has 0 saturated carbocycles. The second kappa shape index (κ2) is 11.4. The maximum Gasteiger partial charge on any atom is -0.000741 e. The van der Waals surface area contributed by atoms with Crippen molar-refractivity contribution in [3.63, 3.8) is 0 Å². The summed E-state index contributed by atoms with van der Waals surface area (Å²) in [4.78, 5) is 0. The standard InChI is InChI=1S/C56H38/c1-56(2,3)35-28-29-43-47(32-35)41-25-15-26-44-50(38-22-12-13-23-40(38)52(43)53(41)44)42-30-31-46-51-39(42)24-14-27-45(51)54-48(33-16-6-4-7-17-33)36-20-10-11-21-37(36)49(55(46)54)34-18-8-5-9-19-34/h4-32H,1-3H3. The highest BCUT2D eigenvalue weighted by molar-refractivity contribution is 6.33. The molecule has 0 radical (unpaired) electrons. The fraction of sp³-hybridized carbons (Fsp3) is 0.0714. The highest BCUT2D eigenvalue weighted by Crippen LogP contribution is 2.60. The highest BCUT2D eigenvalue weighted by Gasteiger charge is 2.33. The van der Waals surface area contributed by atoms with Gasteiger partial charge in [-0.1, -0.05) is 191 Å². The van der Waals surface area contributed by atoms with E-state index in [9.17, 15) is 0 Å². The second-order valence-electron chi connectivity index (χ2n) is 16.7. The van der Waals surface area contributed by atoms with Crippen LogP contribution in [0.25, 0.3) is 121 Å². The minimum atomic E-state index is 0.0692. The molecule has 12 rings (SSSR count). The zero-order valence-corrected chi connectivity index (χ0v) is 31.7. The lowest BCUT2D eigenvalue weighted by Crippen LogP contribution is -2.10. The molecule has 0 aromatic heterocycles. The van der Waals surface area contributed by atoms with Gasteiger partial charge in [-0.05, 0) is 138 Å². The van der Waals surface area contributed by atoms with E-state index in [0.29, 0.717) is 0 Å². The second-order valence-corrected chi connectivity index (χ2v) is 16.7. The van der Waals surface area contributed by atoms with Crippen LogP contribution in [0.5, 0.6) is 0 Å². The van der Waals surface area contributed by atoms with Crippen molar-refractivity contribution < 1.29 is 0 Å². The Morgan fingerprint density at radius 2 is 0.732 bits per heavy atom. The molecule has 0 nitrogen and oxygen atoms in total. The molecule has 0 aliphatic heterocycles. The molecule has 0 atom stereocenters. The Labute approximate surface area is 327 Å². The van der Waals surface area contributed by atoms with Gasteiger partial charge in [0.1, 0.15) is 0 Å². The predicted molar refractivity (Wildman–Crippen MR) is 240 cm³/mol. The van der Waals surface area contributed by atoms with Crippen molar-refractivity contribution in [1.29, 1.82) is 0 Å². The maximum absolute atomic E-state index is 2.45. The number of hydrogen-bond acceptors (Lipinski definition) is 0. The molecule has 56 heavy (non-hydrogen) atoms. The first-order valence-electron chi connectivity index (χ1n) is 19.9. The summed E-state index contributed by atoms with van der Waals surface area (Å²) in [5.41, 5.74) is 19.9. The number of benzene rings is 10. The average molecular weight is 711 g/mol. The first-order chi connectivity index (χ1) is 27.5. The summed E-state index contributed by atoms with van der Waals surface area (Å²) in [5.74, 6) is 0. The van der Waals surface area contributed by atoms with Crippen LogP contribution in [0.1, 0.15) is 26.3 Å². The summed E-state index contributed by atoms with van der Waals surface area (Å²) in [7, 11) is 0. The summed E-state index contributed by atoms with van der Waals surface area (Å²) >= 11 is 0. The van der Waals surface area contributed by atoms with Crippen molar-refractivity contribution in [3.8, 4) is 77.9 Å². The van der Waals surface area contributed by atoms with Crippen molar-refractivity contribution in [2.45, 2.75) is 26.2 Å². The number of fused-ring (bicyclic) bond motifs is 9. The van der Waals surface area contributed by atoms with Crippen molar-refractivity contribution in [2.75, 3.05) is 0 Å². The van der Waals surface area contributed by atoms with Crippen molar-refractivity contribution in [1.82, 2.24) is 0 Å². The van der Waals surface area contributed by atoms with Crippen LogP contribution in [0.3, 0.4) is 0 Å². The van der Waals surface area contributed by atoms with Crippen LogP contribution in [0.2, 0.25) is 0 Å². The van der Waals surface area contributed by atoms with Crippen molar-refractivity contribution >= 4 is 43.1 Å². The fourth-order valence-corrected chi connectivity index (χ4v) is 10.3. The summed E-state index contributed by atoms with van der Waals surface area (Å²) in [5, 5.41) is 10.5. The van der Waals surface area contributed by atoms with E-state index < -0.39 is 0 Å². The van der Waals surface area contributed by atoms with Crippen LogP contribution < -0.4 is 0 Å². The third kappa shape index (κ3) is 4.19. The van der Waals surface area contributed by atoms with E-state index in [4.69, 9.17) is 0 Å². The fourth-order valence-electron chi connectivity index (χ4n) is 10.3. The first kappa shape index (κ1) is 31.6. The zero-order chi connectivity index (χ0) is 37.3. The van der Waals surface area contributed by atoms with Gasteiger partial charge in [-0.3, -0.25) is 0 Å². The van der Waals surface area contributed by atoms with E-state index >= 15 is 0 Å². The van der Waals surface area contributed by atoms with Crippen LogP contribution in [-0.2, 0) is 5.41 Å². The maximum atomic E-state index is 2.45. The lowest BCUT2D eigenvalue weighted by atomic mass is 9.82. The average Bonchev–Trinajstić information content (AvgIpc) is 3.75. The summed E-state index contributed by atoms with van der Waals surface area (Å²) in [6.45, 7) is 6.94. The topological polar surface area (TPSA) is 0 Å². The smallest absolute Gasteiger partial charge is 0.000741 e. The number of hydrogen-bond donors (Lipinski definition) is 0. The van der Waals surface area contributed by atoms with Gasteiger partial charge < -0.3 is 0 Å². The molecule has 0 N–H and O–H groups in total. The Morgan fingerprint density at radius 3 is 1.34 bits per heavy atom. The van der Waals surface area contributed by atoms with E-state index in [1.165, 1.54) is 127 Å². The monoisotopic (exact) mass is 710 g/mol. The van der Waals surface area contributed by atoms with E-state index in [0.717, 1.165) is 0 Å². The van der Waals surface area contributed by atoms with Gasteiger partial charge in [-0.25, -0.2) is 0 Å². The lowest BCUT2D eigenvalue weighted by molar-refractivity contribution is 0.590. The molecule has 0 spiro atoms. The van der Waals surface area contributed by atoms with Crippen LogP contribution in [0.15, 0.2) is 176 Å². The summed E-state index contributed by atoms with van der Waals surface area (Å²) in [6, 6.07) is 66.2. The van der Waals surface area contributed by atoms with Gasteiger partial charge in [0.2, 0.25) is 0 Å². The first-order valence-corrected chi connectivity index (χ1v) is 19.9. The van der Waals surface area contributed by atoms with Gasteiger partial charge in [0.25, 0.3) is 0 Å². The van der Waals surface area contributed by atoms with Crippen molar-refractivity contribution in [3.05, 3.63) is 181 Å². The quantitative estimate of drug-likeness (QED) is 0.160. The third-order valence-corrected chi connectivity index (χ3v) is 12.7. The largest absolute Gasteiger partial charge is 0.0622 e. The molecule has 0 heteroatoms. The molecule has 262 valence electrons. The van der Waals surface area contributed by atoms with Gasteiger partial charge in [-0.2, -0.15) is 0 Å². The predicted octanol–water partition coefficient (Wildman–Crippen LogP) is 15.9. The molecular weight excluding hydrogens is 673 g/mol. The Hall–Kier alpha value is -6.76. The van der Waals surface area contributed by atoms with Crippen LogP contribution in [-0.4, -0.2) is 0 Å². The third-order valence-electron chi connectivity index (χ3n) is 12.7. The van der Waals surface area contributed by atoms with E-state index in [2.05, 4.69) is 197 Å². The molecule has 0 unspecified atom stereocenters. The summed E-state index contributed by atoms with van der Waals surface area (Å²) in [6.07, 6.45) is 0. The molecule has 10 aromatic carbocycles. The molecule has 0 heterocycles. The highest BCUT2D eigenvalue weighted by atomic mass is 14.4. The SMILES string of the molecule is CC(C)(C)c1ccc2c(c1)-c1cccc3c(-c4ccc5c6c(cccc46)-c4c-5c(-c5ccccc5)c5ccccc5c4-c4ccccc4)c4ccccc4c-2c13. The van der Waals surface area contributed by atoms with Gasteiger partial charge >= 0.3 is 0 Å². The lowest BCUT2D eigenvalue weighted by Gasteiger charge is -2.20.